The molecule has 1 aliphatic rings. The molecular formula is C21H29N5O2S. The zero-order valence-corrected chi connectivity index (χ0v) is 17.9. The van der Waals surface area contributed by atoms with Crippen molar-refractivity contribution in [3.63, 3.8) is 0 Å². The van der Waals surface area contributed by atoms with Gasteiger partial charge in [0.25, 0.3) is 5.91 Å². The Morgan fingerprint density at radius 3 is 2.59 bits per heavy atom. The third-order valence-corrected chi connectivity index (χ3v) is 6.10. The summed E-state index contributed by atoms with van der Waals surface area (Å²) in [7, 11) is 0. The van der Waals surface area contributed by atoms with Crippen LogP contribution in [-0.4, -0.2) is 38.4 Å². The van der Waals surface area contributed by atoms with E-state index < -0.39 is 0 Å². The highest BCUT2D eigenvalue weighted by Gasteiger charge is 2.21. The van der Waals surface area contributed by atoms with Gasteiger partial charge in [0.2, 0.25) is 5.91 Å². The summed E-state index contributed by atoms with van der Waals surface area (Å²) >= 11 is 1.39. The van der Waals surface area contributed by atoms with Gasteiger partial charge >= 0.3 is 0 Å². The number of rotatable bonds is 8. The van der Waals surface area contributed by atoms with Crippen molar-refractivity contribution in [2.75, 3.05) is 5.75 Å². The maximum atomic E-state index is 12.4. The van der Waals surface area contributed by atoms with Crippen LogP contribution < -0.4 is 10.6 Å². The Morgan fingerprint density at radius 1 is 1.17 bits per heavy atom. The molecule has 2 N–H and O–H groups in total. The molecule has 1 aliphatic carbocycles. The normalized spacial score (nSPS) is 15.7. The fourth-order valence-electron chi connectivity index (χ4n) is 3.60. The fourth-order valence-corrected chi connectivity index (χ4v) is 4.43. The maximum Gasteiger partial charge on any atom is 0.251 e. The molecule has 3 rings (SSSR count). The van der Waals surface area contributed by atoms with Crippen LogP contribution in [-0.2, 0) is 11.3 Å². The molecule has 0 radical (unpaired) electrons. The van der Waals surface area contributed by atoms with Gasteiger partial charge in [-0.3, -0.25) is 9.59 Å². The molecular weight excluding hydrogens is 386 g/mol. The van der Waals surface area contributed by atoms with Gasteiger partial charge in [0, 0.05) is 18.2 Å². The van der Waals surface area contributed by atoms with Crippen LogP contribution in [0.4, 0.5) is 0 Å². The number of thioether (sulfide) groups is 1. The predicted molar refractivity (Wildman–Crippen MR) is 114 cm³/mol. The number of aromatic nitrogens is 3. The number of carbonyl (C=O) groups excluding carboxylic acids is 2. The van der Waals surface area contributed by atoms with Crippen molar-refractivity contribution in [3.05, 3.63) is 41.7 Å². The molecule has 7 nitrogen and oxygen atoms in total. The van der Waals surface area contributed by atoms with E-state index in [1.807, 2.05) is 36.6 Å². The van der Waals surface area contributed by atoms with Crippen molar-refractivity contribution in [1.29, 1.82) is 0 Å². The van der Waals surface area contributed by atoms with Crippen molar-refractivity contribution in [2.24, 2.45) is 0 Å². The summed E-state index contributed by atoms with van der Waals surface area (Å²) in [5, 5.41) is 15.3. The first-order chi connectivity index (χ1) is 14.1. The largest absolute Gasteiger partial charge is 0.353 e. The average molecular weight is 416 g/mol. The highest BCUT2D eigenvalue weighted by atomic mass is 32.2. The standard InChI is InChI=1S/C21H29N5O2S/c1-3-26-19(15(2)22-20(28)16-10-6-4-7-11-16)24-25-21(26)29-14-18(27)23-17-12-8-5-9-13-17/h4,6-7,10-11,15,17H,3,5,8-9,12-14H2,1-2H3,(H,22,28)(H,23,27)/t15-/m1/s1. The lowest BCUT2D eigenvalue weighted by Crippen LogP contribution is -2.37. The second kappa shape index (κ2) is 10.4. The van der Waals surface area contributed by atoms with E-state index in [9.17, 15) is 9.59 Å². The third-order valence-electron chi connectivity index (χ3n) is 5.14. The van der Waals surface area contributed by atoms with Crippen molar-refractivity contribution < 1.29 is 9.59 Å². The van der Waals surface area contributed by atoms with Gasteiger partial charge in [-0.25, -0.2) is 0 Å². The van der Waals surface area contributed by atoms with Crippen molar-refractivity contribution >= 4 is 23.6 Å². The van der Waals surface area contributed by atoms with E-state index in [0.29, 0.717) is 34.9 Å². The molecule has 2 aromatic rings. The molecule has 0 saturated heterocycles. The minimum Gasteiger partial charge on any atom is -0.353 e. The Labute approximate surface area is 176 Å². The molecule has 1 atom stereocenters. The fraction of sp³-hybridized carbons (Fsp3) is 0.524. The molecule has 0 unspecified atom stereocenters. The van der Waals surface area contributed by atoms with Crippen molar-refractivity contribution in [3.8, 4) is 0 Å². The van der Waals surface area contributed by atoms with E-state index in [1.54, 1.807) is 12.1 Å². The van der Waals surface area contributed by atoms with E-state index in [1.165, 1.54) is 31.0 Å². The van der Waals surface area contributed by atoms with Crippen molar-refractivity contribution in [2.45, 2.75) is 69.7 Å². The second-order valence-corrected chi connectivity index (χ2v) is 8.28. The van der Waals surface area contributed by atoms with Gasteiger partial charge in [-0.05, 0) is 38.8 Å². The summed E-state index contributed by atoms with van der Waals surface area (Å²) in [6, 6.07) is 9.12. The van der Waals surface area contributed by atoms with E-state index in [0.717, 1.165) is 12.8 Å². The topological polar surface area (TPSA) is 88.9 Å². The van der Waals surface area contributed by atoms with Gasteiger partial charge < -0.3 is 15.2 Å². The molecule has 1 heterocycles. The Bertz CT molecular complexity index is 818. The lowest BCUT2D eigenvalue weighted by Gasteiger charge is -2.22. The SMILES string of the molecule is CCn1c(SCC(=O)NC2CCCCC2)nnc1[C@@H](C)NC(=O)c1ccccc1. The van der Waals surface area contributed by atoms with Gasteiger partial charge in [-0.2, -0.15) is 0 Å². The van der Waals surface area contributed by atoms with Crippen LogP contribution in [0.15, 0.2) is 35.5 Å². The lowest BCUT2D eigenvalue weighted by molar-refractivity contribution is -0.119. The second-order valence-electron chi connectivity index (χ2n) is 7.34. The van der Waals surface area contributed by atoms with Crippen LogP contribution in [0.1, 0.15) is 68.2 Å². The van der Waals surface area contributed by atoms with Crippen LogP contribution in [0.5, 0.6) is 0 Å². The van der Waals surface area contributed by atoms with E-state index >= 15 is 0 Å². The van der Waals surface area contributed by atoms with Gasteiger partial charge in [0.1, 0.15) is 0 Å². The van der Waals surface area contributed by atoms with E-state index in [-0.39, 0.29) is 17.9 Å². The number of hydrogen-bond acceptors (Lipinski definition) is 5. The number of nitrogens with one attached hydrogen (secondary N) is 2. The van der Waals surface area contributed by atoms with Crippen molar-refractivity contribution in [1.82, 2.24) is 25.4 Å². The molecule has 0 spiro atoms. The van der Waals surface area contributed by atoms with Gasteiger partial charge in [-0.15, -0.1) is 10.2 Å². The minimum absolute atomic E-state index is 0.0412. The molecule has 1 fully saturated rings. The van der Waals surface area contributed by atoms with Gasteiger partial charge in [0.05, 0.1) is 11.8 Å². The van der Waals surface area contributed by atoms with Crippen LogP contribution >= 0.6 is 11.8 Å². The number of hydrogen-bond donors (Lipinski definition) is 2. The Balaban J connectivity index is 1.57. The molecule has 8 heteroatoms. The molecule has 1 aromatic heterocycles. The van der Waals surface area contributed by atoms with Gasteiger partial charge in [0.15, 0.2) is 11.0 Å². The predicted octanol–water partition coefficient (Wildman–Crippen LogP) is 3.33. The zero-order valence-electron chi connectivity index (χ0n) is 17.1. The monoisotopic (exact) mass is 415 g/mol. The highest BCUT2D eigenvalue weighted by Crippen LogP contribution is 2.22. The number of amides is 2. The Hall–Kier alpha value is -2.35. The maximum absolute atomic E-state index is 12.4. The summed E-state index contributed by atoms with van der Waals surface area (Å²) in [5.74, 6) is 0.899. The summed E-state index contributed by atoms with van der Waals surface area (Å²) < 4.78 is 1.95. The minimum atomic E-state index is -0.291. The molecule has 1 aromatic carbocycles. The first-order valence-corrected chi connectivity index (χ1v) is 11.3. The lowest BCUT2D eigenvalue weighted by atomic mass is 9.95. The molecule has 156 valence electrons. The molecule has 29 heavy (non-hydrogen) atoms. The summed E-state index contributed by atoms with van der Waals surface area (Å²) in [6.45, 7) is 4.56. The zero-order chi connectivity index (χ0) is 20.6. The summed E-state index contributed by atoms with van der Waals surface area (Å²) in [4.78, 5) is 24.7. The summed E-state index contributed by atoms with van der Waals surface area (Å²) in [5.41, 5.74) is 0.607. The quantitative estimate of drug-likeness (QED) is 0.646. The van der Waals surface area contributed by atoms with Gasteiger partial charge in [-0.1, -0.05) is 49.2 Å². The average Bonchev–Trinajstić information content (AvgIpc) is 3.16. The first kappa shape index (κ1) is 21.4. The van der Waals surface area contributed by atoms with E-state index in [4.69, 9.17) is 0 Å². The van der Waals surface area contributed by atoms with Crippen LogP contribution in [0.3, 0.4) is 0 Å². The smallest absolute Gasteiger partial charge is 0.251 e. The Kier molecular flexibility index (Phi) is 7.69. The Morgan fingerprint density at radius 2 is 1.90 bits per heavy atom. The first-order valence-electron chi connectivity index (χ1n) is 10.3. The highest BCUT2D eigenvalue weighted by molar-refractivity contribution is 7.99. The molecule has 2 amide bonds. The van der Waals surface area contributed by atoms with Crippen LogP contribution in [0.25, 0.3) is 0 Å². The molecule has 0 bridgehead atoms. The molecule has 0 aliphatic heterocycles. The van der Waals surface area contributed by atoms with Crippen LogP contribution in [0.2, 0.25) is 0 Å². The number of benzene rings is 1. The molecule has 1 saturated carbocycles. The third kappa shape index (κ3) is 5.82. The van der Waals surface area contributed by atoms with E-state index in [2.05, 4.69) is 20.8 Å². The van der Waals surface area contributed by atoms with Crippen LogP contribution in [0, 0.1) is 0 Å². The number of nitrogens with zero attached hydrogens (tertiary/aromatic N) is 3. The number of carbonyl (C=O) groups is 2. The summed E-state index contributed by atoms with van der Waals surface area (Å²) in [6.07, 6.45) is 5.80.